The third-order valence-electron chi connectivity index (χ3n) is 2.58. The number of carbonyl (C=O) groups is 1. The molecule has 0 radical (unpaired) electrons. The second kappa shape index (κ2) is 5.05. The fourth-order valence-electron chi connectivity index (χ4n) is 1.43. The van der Waals surface area contributed by atoms with Crippen molar-refractivity contribution in [2.75, 3.05) is 12.8 Å². The monoisotopic (exact) mass is 273 g/mol. The zero-order valence-electron chi connectivity index (χ0n) is 10.0. The molecule has 0 aromatic carbocycles. The second-order valence-corrected chi connectivity index (χ2v) is 6.30. The zero-order chi connectivity index (χ0) is 13.2. The predicted octanol–water partition coefficient (Wildman–Crippen LogP) is -0.0681. The molecule has 2 rings (SSSR count). The van der Waals surface area contributed by atoms with E-state index in [4.69, 9.17) is 4.42 Å². The normalized spacial score (nSPS) is 15.6. The van der Waals surface area contributed by atoms with Gasteiger partial charge in [0.1, 0.15) is 0 Å². The van der Waals surface area contributed by atoms with Crippen LogP contribution in [0.2, 0.25) is 0 Å². The summed E-state index contributed by atoms with van der Waals surface area (Å²) in [6, 6.07) is 0. The molecule has 0 unspecified atom stereocenters. The van der Waals surface area contributed by atoms with Crippen molar-refractivity contribution in [2.24, 2.45) is 5.92 Å². The van der Waals surface area contributed by atoms with Crippen LogP contribution in [0.1, 0.15) is 25.2 Å². The number of aryl methyl sites for hydroxylation is 1. The molecule has 7 nitrogen and oxygen atoms in total. The summed E-state index contributed by atoms with van der Waals surface area (Å²) in [7, 11) is -3.44. The van der Waals surface area contributed by atoms with Gasteiger partial charge in [-0.05, 0) is 19.3 Å². The number of nitrogens with zero attached hydrogens (tertiary/aromatic N) is 2. The maximum absolute atomic E-state index is 11.3. The lowest BCUT2D eigenvalue weighted by molar-refractivity contribution is -0.122. The fraction of sp³-hybridized carbons (Fsp3) is 0.700. The highest BCUT2D eigenvalue weighted by Crippen LogP contribution is 2.28. The van der Waals surface area contributed by atoms with E-state index in [0.29, 0.717) is 19.4 Å². The lowest BCUT2D eigenvalue weighted by Crippen LogP contribution is -2.26. The van der Waals surface area contributed by atoms with Gasteiger partial charge in [0.05, 0.1) is 0 Å². The van der Waals surface area contributed by atoms with Gasteiger partial charge >= 0.3 is 5.22 Å². The van der Waals surface area contributed by atoms with Crippen LogP contribution in [0.3, 0.4) is 0 Å². The molecular formula is C10H15N3O4S. The molecule has 1 aliphatic rings. The Hall–Kier alpha value is -1.44. The molecule has 1 saturated carbocycles. The molecule has 1 heterocycles. The van der Waals surface area contributed by atoms with Crippen LogP contribution in [-0.2, 0) is 21.1 Å². The largest absolute Gasteiger partial charge is 0.413 e. The molecule has 1 aromatic heterocycles. The number of carbonyl (C=O) groups excluding carboxylic acids is 1. The molecule has 18 heavy (non-hydrogen) atoms. The minimum absolute atomic E-state index is 0.0948. The summed E-state index contributed by atoms with van der Waals surface area (Å²) in [4.78, 5) is 11.3. The van der Waals surface area contributed by atoms with Gasteiger partial charge < -0.3 is 9.73 Å². The lowest BCUT2D eigenvalue weighted by atomic mass is 10.3. The molecule has 1 aliphatic carbocycles. The molecule has 1 fully saturated rings. The van der Waals surface area contributed by atoms with Gasteiger partial charge in [0.2, 0.25) is 21.6 Å². The van der Waals surface area contributed by atoms with Crippen molar-refractivity contribution in [3.8, 4) is 0 Å². The van der Waals surface area contributed by atoms with Gasteiger partial charge in [0.15, 0.2) is 0 Å². The Balaban J connectivity index is 1.73. The molecule has 0 aliphatic heterocycles. The molecule has 100 valence electrons. The molecule has 1 amide bonds. The molecule has 0 atom stereocenters. The van der Waals surface area contributed by atoms with Gasteiger partial charge in [-0.1, -0.05) is 5.10 Å². The van der Waals surface area contributed by atoms with E-state index in [2.05, 4.69) is 15.5 Å². The molecule has 0 bridgehead atoms. The van der Waals surface area contributed by atoms with Gasteiger partial charge in [-0.2, -0.15) is 0 Å². The van der Waals surface area contributed by atoms with E-state index in [1.807, 2.05) is 0 Å². The summed E-state index contributed by atoms with van der Waals surface area (Å²) in [5.74, 6) is 0.568. The number of aromatic nitrogens is 2. The van der Waals surface area contributed by atoms with Crippen LogP contribution < -0.4 is 5.32 Å². The Morgan fingerprint density at radius 3 is 2.72 bits per heavy atom. The minimum Gasteiger partial charge on any atom is -0.413 e. The summed E-state index contributed by atoms with van der Waals surface area (Å²) in [6.07, 6.45) is 4.07. The maximum atomic E-state index is 11.3. The van der Waals surface area contributed by atoms with Crippen LogP contribution in [0.4, 0.5) is 0 Å². The summed E-state index contributed by atoms with van der Waals surface area (Å²) >= 11 is 0. The first-order valence-electron chi connectivity index (χ1n) is 5.77. The second-order valence-electron chi connectivity index (χ2n) is 4.40. The molecule has 0 saturated heterocycles. The average molecular weight is 273 g/mol. The lowest BCUT2D eigenvalue weighted by Gasteiger charge is -2.01. The van der Waals surface area contributed by atoms with Crippen LogP contribution in [0, 0.1) is 5.92 Å². The number of nitrogens with one attached hydrogen (secondary N) is 1. The van der Waals surface area contributed by atoms with Crippen molar-refractivity contribution < 1.29 is 17.6 Å². The molecule has 1 aromatic rings. The Morgan fingerprint density at radius 2 is 2.17 bits per heavy atom. The van der Waals surface area contributed by atoms with Crippen LogP contribution in [-0.4, -0.2) is 37.3 Å². The number of hydrogen-bond acceptors (Lipinski definition) is 6. The van der Waals surface area contributed by atoms with Crippen LogP contribution in [0.5, 0.6) is 0 Å². The smallest absolute Gasteiger partial charge is 0.335 e. The zero-order valence-corrected chi connectivity index (χ0v) is 10.9. The first kappa shape index (κ1) is 13.0. The molecule has 8 heteroatoms. The highest BCUT2D eigenvalue weighted by molar-refractivity contribution is 7.90. The highest BCUT2D eigenvalue weighted by atomic mass is 32.2. The van der Waals surface area contributed by atoms with Gasteiger partial charge in [-0.3, -0.25) is 4.79 Å². The number of rotatable bonds is 6. The van der Waals surface area contributed by atoms with Gasteiger partial charge in [0, 0.05) is 25.1 Å². The highest BCUT2D eigenvalue weighted by Gasteiger charge is 2.29. The summed E-state index contributed by atoms with van der Waals surface area (Å²) in [6.45, 7) is 0.534. The Kier molecular flexibility index (Phi) is 3.65. The number of hydrogen-bond donors (Lipinski definition) is 1. The number of amides is 1. The number of sulfone groups is 1. The fourth-order valence-corrected chi connectivity index (χ4v) is 1.87. The Morgan fingerprint density at radius 1 is 1.44 bits per heavy atom. The topological polar surface area (TPSA) is 102 Å². The van der Waals surface area contributed by atoms with E-state index < -0.39 is 9.84 Å². The quantitative estimate of drug-likeness (QED) is 0.728. The van der Waals surface area contributed by atoms with Gasteiger partial charge in [-0.15, -0.1) is 5.10 Å². The van der Waals surface area contributed by atoms with Gasteiger partial charge in [0.25, 0.3) is 0 Å². The van der Waals surface area contributed by atoms with Crippen molar-refractivity contribution in [3.05, 3.63) is 5.89 Å². The van der Waals surface area contributed by atoms with Crippen molar-refractivity contribution >= 4 is 15.7 Å². The third-order valence-corrected chi connectivity index (χ3v) is 3.38. The standard InChI is InChI=1S/C10H15N3O4S/c1-18(15,16)10-13-12-8(17-10)3-2-6-11-9(14)7-4-5-7/h7H,2-6H2,1H3,(H,11,14). The Labute approximate surface area is 105 Å². The Bertz CT molecular complexity index is 533. The predicted molar refractivity (Wildman–Crippen MR) is 61.5 cm³/mol. The van der Waals surface area contributed by atoms with Crippen molar-refractivity contribution in [3.63, 3.8) is 0 Å². The van der Waals surface area contributed by atoms with Crippen LogP contribution >= 0.6 is 0 Å². The molecule has 0 spiro atoms. The average Bonchev–Trinajstić information content (AvgIpc) is 3.02. The van der Waals surface area contributed by atoms with Crippen LogP contribution in [0.15, 0.2) is 9.64 Å². The first-order valence-corrected chi connectivity index (χ1v) is 7.66. The SMILES string of the molecule is CS(=O)(=O)c1nnc(CCCNC(=O)C2CC2)o1. The van der Waals surface area contributed by atoms with E-state index in [9.17, 15) is 13.2 Å². The maximum Gasteiger partial charge on any atom is 0.335 e. The molecular weight excluding hydrogens is 258 g/mol. The summed E-state index contributed by atoms with van der Waals surface area (Å²) < 4.78 is 27.2. The summed E-state index contributed by atoms with van der Waals surface area (Å²) in [5.41, 5.74) is 0. The molecule has 1 N–H and O–H groups in total. The van der Waals surface area contributed by atoms with E-state index in [0.717, 1.165) is 19.1 Å². The van der Waals surface area contributed by atoms with Crippen molar-refractivity contribution in [2.45, 2.75) is 30.9 Å². The van der Waals surface area contributed by atoms with Crippen molar-refractivity contribution in [1.82, 2.24) is 15.5 Å². The van der Waals surface area contributed by atoms with E-state index in [1.54, 1.807) is 0 Å². The van der Waals surface area contributed by atoms with Gasteiger partial charge in [-0.25, -0.2) is 8.42 Å². The minimum atomic E-state index is -3.44. The van der Waals surface area contributed by atoms with E-state index in [-0.39, 0.29) is 22.9 Å². The van der Waals surface area contributed by atoms with Crippen molar-refractivity contribution in [1.29, 1.82) is 0 Å². The third kappa shape index (κ3) is 3.52. The first-order chi connectivity index (χ1) is 8.47. The van der Waals surface area contributed by atoms with E-state index in [1.165, 1.54) is 0 Å². The van der Waals surface area contributed by atoms with E-state index >= 15 is 0 Å². The van der Waals surface area contributed by atoms with Crippen LogP contribution in [0.25, 0.3) is 0 Å². The summed E-state index contributed by atoms with van der Waals surface area (Å²) in [5, 5.41) is 9.53.